The van der Waals surface area contributed by atoms with Crippen molar-refractivity contribution < 1.29 is 14.7 Å². The van der Waals surface area contributed by atoms with E-state index < -0.39 is 0 Å². The summed E-state index contributed by atoms with van der Waals surface area (Å²) in [6.07, 6.45) is 0. The van der Waals surface area contributed by atoms with Crippen molar-refractivity contribution in [3.05, 3.63) is 42.5 Å². The number of amides is 2. The van der Waals surface area contributed by atoms with Crippen LogP contribution in [0.15, 0.2) is 42.5 Å². The molecule has 0 aromatic heterocycles. The Morgan fingerprint density at radius 3 is 2.05 bits per heavy atom. The summed E-state index contributed by atoms with van der Waals surface area (Å²) in [6, 6.07) is 4.40. The third-order valence-corrected chi connectivity index (χ3v) is 2.28. The van der Waals surface area contributed by atoms with Crippen LogP contribution in [0.2, 0.25) is 0 Å². The quantitative estimate of drug-likeness (QED) is 0.574. The molecule has 0 radical (unpaired) electrons. The lowest BCUT2D eigenvalue weighted by molar-refractivity contribution is -0.113. The fourth-order valence-electron chi connectivity index (χ4n) is 1.18. The highest BCUT2D eigenvalue weighted by Gasteiger charge is 2.09. The first-order valence-electron chi connectivity index (χ1n) is 5.58. The summed E-state index contributed by atoms with van der Waals surface area (Å²) in [5.74, 6) is -0.860. The summed E-state index contributed by atoms with van der Waals surface area (Å²) in [5.41, 5.74) is 1.36. The lowest BCUT2D eigenvalue weighted by Crippen LogP contribution is -2.13. The smallest absolute Gasteiger partial charge is 0.250 e. The summed E-state index contributed by atoms with van der Waals surface area (Å²) in [4.78, 5) is 22.8. The number of carbonyl (C=O) groups excluding carboxylic acids is 2. The maximum Gasteiger partial charge on any atom is 0.250 e. The topological polar surface area (TPSA) is 78.4 Å². The first kappa shape index (κ1) is 14.5. The Kier molecular flexibility index (Phi) is 4.47. The minimum absolute atomic E-state index is 0.144. The number of hydrogen-bond donors (Lipinski definition) is 3. The van der Waals surface area contributed by atoms with Gasteiger partial charge in [-0.05, 0) is 26.0 Å². The van der Waals surface area contributed by atoms with Gasteiger partial charge in [0, 0.05) is 22.9 Å². The molecule has 1 aromatic rings. The van der Waals surface area contributed by atoms with Crippen molar-refractivity contribution in [1.29, 1.82) is 0 Å². The van der Waals surface area contributed by atoms with Crippen LogP contribution >= 0.6 is 0 Å². The maximum absolute atomic E-state index is 11.4. The van der Waals surface area contributed by atoms with Gasteiger partial charge in [0.1, 0.15) is 5.75 Å². The molecule has 0 heterocycles. The standard InChI is InChI=1S/C14H16N2O3/c1-8(2)13(18)15-10-5-6-11(12(17)7-10)16-14(19)9(3)4/h5-7,17H,1,3H2,2,4H3,(H,15,18)(H,16,19). The number of nitrogens with one attached hydrogen (secondary N) is 2. The Morgan fingerprint density at radius 2 is 1.58 bits per heavy atom. The van der Waals surface area contributed by atoms with Crippen LogP contribution in [0.4, 0.5) is 11.4 Å². The van der Waals surface area contributed by atoms with Crippen molar-refractivity contribution in [2.24, 2.45) is 0 Å². The Bertz CT molecular complexity index is 562. The average Bonchev–Trinajstić information content (AvgIpc) is 2.32. The van der Waals surface area contributed by atoms with Gasteiger partial charge in [-0.2, -0.15) is 0 Å². The second kappa shape index (κ2) is 5.86. The van der Waals surface area contributed by atoms with E-state index in [4.69, 9.17) is 0 Å². The number of hydrogen-bond acceptors (Lipinski definition) is 3. The molecule has 3 N–H and O–H groups in total. The van der Waals surface area contributed by atoms with Crippen LogP contribution in [0.5, 0.6) is 5.75 Å². The molecular weight excluding hydrogens is 244 g/mol. The monoisotopic (exact) mass is 260 g/mol. The summed E-state index contributed by atoms with van der Waals surface area (Å²) in [7, 11) is 0. The Hall–Kier alpha value is -2.56. The first-order chi connectivity index (χ1) is 8.81. The fourth-order valence-corrected chi connectivity index (χ4v) is 1.18. The molecule has 0 aliphatic heterocycles. The van der Waals surface area contributed by atoms with Crippen molar-refractivity contribution in [1.82, 2.24) is 0 Å². The van der Waals surface area contributed by atoms with Crippen LogP contribution in [-0.4, -0.2) is 16.9 Å². The molecule has 1 aromatic carbocycles. The minimum atomic E-state index is -0.381. The largest absolute Gasteiger partial charge is 0.506 e. The van der Waals surface area contributed by atoms with E-state index in [-0.39, 0.29) is 23.3 Å². The number of phenolic OH excluding ortho intramolecular Hbond substituents is 1. The molecule has 5 nitrogen and oxygen atoms in total. The zero-order valence-corrected chi connectivity index (χ0v) is 10.9. The second-order valence-corrected chi connectivity index (χ2v) is 4.20. The number of rotatable bonds is 4. The van der Waals surface area contributed by atoms with Gasteiger partial charge in [0.05, 0.1) is 5.69 Å². The Morgan fingerprint density at radius 1 is 1.05 bits per heavy atom. The molecule has 0 saturated heterocycles. The van der Waals surface area contributed by atoms with Gasteiger partial charge in [-0.1, -0.05) is 13.2 Å². The van der Waals surface area contributed by atoms with Crippen LogP contribution in [-0.2, 0) is 9.59 Å². The van der Waals surface area contributed by atoms with Gasteiger partial charge in [-0.3, -0.25) is 9.59 Å². The Balaban J connectivity index is 2.86. The van der Waals surface area contributed by atoms with E-state index in [1.807, 2.05) is 0 Å². The van der Waals surface area contributed by atoms with Crippen molar-refractivity contribution in [3.63, 3.8) is 0 Å². The minimum Gasteiger partial charge on any atom is -0.506 e. The van der Waals surface area contributed by atoms with E-state index in [0.29, 0.717) is 16.8 Å². The maximum atomic E-state index is 11.4. The summed E-state index contributed by atoms with van der Waals surface area (Å²) < 4.78 is 0. The average molecular weight is 260 g/mol. The van der Waals surface area contributed by atoms with E-state index in [2.05, 4.69) is 23.8 Å². The van der Waals surface area contributed by atoms with Gasteiger partial charge < -0.3 is 15.7 Å². The van der Waals surface area contributed by atoms with Crippen LogP contribution in [0.1, 0.15) is 13.8 Å². The number of carbonyl (C=O) groups is 2. The van der Waals surface area contributed by atoms with Crippen molar-refractivity contribution >= 4 is 23.2 Å². The third kappa shape index (κ3) is 3.99. The molecule has 0 spiro atoms. The van der Waals surface area contributed by atoms with Crippen molar-refractivity contribution in [3.8, 4) is 5.75 Å². The molecule has 0 bridgehead atoms. The number of anilines is 2. The molecule has 2 amide bonds. The van der Waals surface area contributed by atoms with Gasteiger partial charge >= 0.3 is 0 Å². The summed E-state index contributed by atoms with van der Waals surface area (Å²) in [5, 5.41) is 14.8. The normalized spacial score (nSPS) is 9.58. The molecule has 19 heavy (non-hydrogen) atoms. The lowest BCUT2D eigenvalue weighted by atomic mass is 10.2. The van der Waals surface area contributed by atoms with Crippen molar-refractivity contribution in [2.45, 2.75) is 13.8 Å². The van der Waals surface area contributed by atoms with Crippen LogP contribution in [0.25, 0.3) is 0 Å². The highest BCUT2D eigenvalue weighted by Crippen LogP contribution is 2.27. The molecule has 0 unspecified atom stereocenters. The number of aromatic hydroxyl groups is 1. The predicted molar refractivity (Wildman–Crippen MR) is 75.0 cm³/mol. The number of benzene rings is 1. The van der Waals surface area contributed by atoms with E-state index in [1.54, 1.807) is 19.9 Å². The third-order valence-electron chi connectivity index (χ3n) is 2.28. The highest BCUT2D eigenvalue weighted by atomic mass is 16.3. The second-order valence-electron chi connectivity index (χ2n) is 4.20. The molecule has 0 aliphatic rings. The van der Waals surface area contributed by atoms with E-state index in [0.717, 1.165) is 0 Å². The molecule has 0 aliphatic carbocycles. The fraction of sp³-hybridized carbons (Fsp3) is 0.143. The van der Waals surface area contributed by atoms with Crippen LogP contribution in [0.3, 0.4) is 0 Å². The van der Waals surface area contributed by atoms with Gasteiger partial charge in [-0.25, -0.2) is 0 Å². The van der Waals surface area contributed by atoms with Crippen LogP contribution in [0, 0.1) is 0 Å². The zero-order chi connectivity index (χ0) is 14.6. The van der Waals surface area contributed by atoms with Gasteiger partial charge in [-0.15, -0.1) is 0 Å². The van der Waals surface area contributed by atoms with E-state index in [1.165, 1.54) is 12.1 Å². The molecule has 0 atom stereocenters. The SMILES string of the molecule is C=C(C)C(=O)Nc1ccc(NC(=O)C(=C)C)c(O)c1. The van der Waals surface area contributed by atoms with Gasteiger partial charge in [0.15, 0.2) is 0 Å². The van der Waals surface area contributed by atoms with Gasteiger partial charge in [0.2, 0.25) is 0 Å². The summed E-state index contributed by atoms with van der Waals surface area (Å²) in [6.45, 7) is 10.1. The zero-order valence-electron chi connectivity index (χ0n) is 10.9. The van der Waals surface area contributed by atoms with Gasteiger partial charge in [0.25, 0.3) is 11.8 Å². The summed E-state index contributed by atoms with van der Waals surface area (Å²) >= 11 is 0. The molecule has 5 heteroatoms. The molecule has 1 rings (SSSR count). The number of phenols is 1. The van der Waals surface area contributed by atoms with Crippen LogP contribution < -0.4 is 10.6 Å². The van der Waals surface area contributed by atoms with Crippen molar-refractivity contribution in [2.75, 3.05) is 10.6 Å². The predicted octanol–water partition coefficient (Wildman–Crippen LogP) is 2.42. The van der Waals surface area contributed by atoms with E-state index >= 15 is 0 Å². The highest BCUT2D eigenvalue weighted by molar-refractivity contribution is 6.05. The first-order valence-corrected chi connectivity index (χ1v) is 5.58. The molecule has 0 saturated carbocycles. The Labute approximate surface area is 111 Å². The molecule has 100 valence electrons. The molecular formula is C14H16N2O3. The lowest BCUT2D eigenvalue weighted by Gasteiger charge is -2.10. The molecule has 0 fully saturated rings. The van der Waals surface area contributed by atoms with E-state index in [9.17, 15) is 14.7 Å².